The molecular weight excluding hydrogens is 464 g/mol. The van der Waals surface area contributed by atoms with Crippen molar-refractivity contribution in [2.45, 2.75) is 36.7 Å². The van der Waals surface area contributed by atoms with Crippen LogP contribution in [0, 0.1) is 12.8 Å². The van der Waals surface area contributed by atoms with Crippen molar-refractivity contribution in [1.82, 2.24) is 25.1 Å². The Balaban J connectivity index is 1.34. The molecule has 2 aliphatic rings. The van der Waals surface area contributed by atoms with Gasteiger partial charge in [-0.1, -0.05) is 0 Å². The first-order valence-corrected chi connectivity index (χ1v) is 12.5. The maximum Gasteiger partial charge on any atom is 0.227 e. The van der Waals surface area contributed by atoms with Crippen molar-refractivity contribution in [2.75, 3.05) is 41.7 Å². The lowest BCUT2D eigenvalue weighted by molar-refractivity contribution is -0.129. The smallest absolute Gasteiger partial charge is 0.227 e. The highest BCUT2D eigenvalue weighted by molar-refractivity contribution is 7.99. The van der Waals surface area contributed by atoms with E-state index in [9.17, 15) is 9.59 Å². The van der Waals surface area contributed by atoms with E-state index < -0.39 is 0 Å². The van der Waals surface area contributed by atoms with Crippen LogP contribution in [0.2, 0.25) is 0 Å². The van der Waals surface area contributed by atoms with Crippen LogP contribution in [0.3, 0.4) is 0 Å². The number of nitrogens with zero attached hydrogens (tertiary/aromatic N) is 5. The molecule has 0 radical (unpaired) electrons. The number of carbonyl (C=O) groups is 2. The van der Waals surface area contributed by atoms with Gasteiger partial charge in [0, 0.05) is 67.4 Å². The Bertz CT molecular complexity index is 1220. The second-order valence-corrected chi connectivity index (χ2v) is 9.88. The number of H-pyrrole nitrogens is 1. The highest BCUT2D eigenvalue weighted by atomic mass is 32.2. The third-order valence-electron chi connectivity index (χ3n) is 5.98. The molecule has 2 fully saturated rings. The SMILES string of the molecule is CC(=O)N1CCN(c2cc(Nc3cc(C)[nH]n3)nc(Sc3ccc(NC(=O)C4CC4)cc3)n2)CC1. The van der Waals surface area contributed by atoms with E-state index in [1.165, 1.54) is 11.8 Å². The summed E-state index contributed by atoms with van der Waals surface area (Å²) in [5, 5.41) is 14.0. The van der Waals surface area contributed by atoms with Gasteiger partial charge in [0.2, 0.25) is 11.8 Å². The Morgan fingerprint density at radius 1 is 1.03 bits per heavy atom. The van der Waals surface area contributed by atoms with Gasteiger partial charge in [-0.15, -0.1) is 0 Å². The van der Waals surface area contributed by atoms with Gasteiger partial charge >= 0.3 is 0 Å². The fraction of sp³-hybridized carbons (Fsp3) is 0.375. The number of hydrogen-bond donors (Lipinski definition) is 3. The number of carbonyl (C=O) groups excluding carboxylic acids is 2. The van der Waals surface area contributed by atoms with E-state index in [0.717, 1.165) is 34.9 Å². The third-order valence-corrected chi connectivity index (χ3v) is 6.86. The Labute approximate surface area is 207 Å². The quantitative estimate of drug-likeness (QED) is 0.429. The summed E-state index contributed by atoms with van der Waals surface area (Å²) in [5.41, 5.74) is 1.74. The van der Waals surface area contributed by atoms with Crippen LogP contribution in [0.15, 0.2) is 46.5 Å². The molecule has 0 bridgehead atoms. The molecule has 3 heterocycles. The molecule has 3 N–H and O–H groups in total. The van der Waals surface area contributed by atoms with E-state index in [1.54, 1.807) is 6.92 Å². The van der Waals surface area contributed by atoms with Gasteiger partial charge < -0.3 is 20.4 Å². The van der Waals surface area contributed by atoms with E-state index >= 15 is 0 Å². The van der Waals surface area contributed by atoms with E-state index in [-0.39, 0.29) is 17.7 Å². The monoisotopic (exact) mass is 492 g/mol. The summed E-state index contributed by atoms with van der Waals surface area (Å²) in [6.45, 7) is 6.28. The minimum absolute atomic E-state index is 0.0932. The Kier molecular flexibility index (Phi) is 6.58. The van der Waals surface area contributed by atoms with Crippen molar-refractivity contribution in [3.05, 3.63) is 42.1 Å². The van der Waals surface area contributed by atoms with Gasteiger partial charge in [-0.05, 0) is 55.8 Å². The van der Waals surface area contributed by atoms with Crippen LogP contribution in [-0.4, -0.2) is 63.1 Å². The number of piperazine rings is 1. The fourth-order valence-electron chi connectivity index (χ4n) is 3.85. The summed E-state index contributed by atoms with van der Waals surface area (Å²) < 4.78 is 0. The predicted octanol–water partition coefficient (Wildman–Crippen LogP) is 3.42. The summed E-state index contributed by atoms with van der Waals surface area (Å²) >= 11 is 1.45. The summed E-state index contributed by atoms with van der Waals surface area (Å²) in [4.78, 5) is 38.2. The van der Waals surface area contributed by atoms with Crippen molar-refractivity contribution in [2.24, 2.45) is 5.92 Å². The van der Waals surface area contributed by atoms with E-state index in [1.807, 2.05) is 48.2 Å². The lowest BCUT2D eigenvalue weighted by atomic mass is 10.3. The molecule has 2 aromatic heterocycles. The normalized spacial score (nSPS) is 15.7. The molecule has 10 nitrogen and oxygen atoms in total. The first kappa shape index (κ1) is 23.2. The molecule has 11 heteroatoms. The largest absolute Gasteiger partial charge is 0.353 e. The van der Waals surface area contributed by atoms with E-state index in [4.69, 9.17) is 9.97 Å². The number of amides is 2. The molecule has 1 saturated heterocycles. The van der Waals surface area contributed by atoms with Crippen molar-refractivity contribution < 1.29 is 9.59 Å². The van der Waals surface area contributed by atoms with Crippen LogP contribution < -0.4 is 15.5 Å². The average molecular weight is 493 g/mol. The molecule has 0 spiro atoms. The van der Waals surface area contributed by atoms with Gasteiger partial charge in [-0.3, -0.25) is 14.7 Å². The summed E-state index contributed by atoms with van der Waals surface area (Å²) in [5.74, 6) is 2.48. The van der Waals surface area contributed by atoms with Crippen LogP contribution in [0.1, 0.15) is 25.5 Å². The number of aromatic amines is 1. The summed E-state index contributed by atoms with van der Waals surface area (Å²) in [7, 11) is 0. The van der Waals surface area contributed by atoms with Crippen LogP contribution in [0.4, 0.5) is 23.1 Å². The highest BCUT2D eigenvalue weighted by Gasteiger charge is 2.29. The number of anilines is 4. The molecule has 3 aromatic rings. The number of aromatic nitrogens is 4. The molecule has 1 saturated carbocycles. The van der Waals surface area contributed by atoms with Gasteiger partial charge in [-0.25, -0.2) is 9.97 Å². The lowest BCUT2D eigenvalue weighted by Gasteiger charge is -2.35. The topological polar surface area (TPSA) is 119 Å². The molecular formula is C24H28N8O2S. The van der Waals surface area contributed by atoms with Crippen molar-refractivity contribution in [1.29, 1.82) is 0 Å². The van der Waals surface area contributed by atoms with Crippen molar-refractivity contribution in [3.8, 4) is 0 Å². The van der Waals surface area contributed by atoms with Crippen LogP contribution in [0.25, 0.3) is 0 Å². The Morgan fingerprint density at radius 3 is 2.40 bits per heavy atom. The zero-order chi connectivity index (χ0) is 24.4. The van der Waals surface area contributed by atoms with Gasteiger partial charge in [0.05, 0.1) is 0 Å². The van der Waals surface area contributed by atoms with Gasteiger partial charge in [0.15, 0.2) is 11.0 Å². The maximum atomic E-state index is 12.0. The predicted molar refractivity (Wildman–Crippen MR) is 135 cm³/mol. The third kappa shape index (κ3) is 5.91. The molecule has 182 valence electrons. The summed E-state index contributed by atoms with van der Waals surface area (Å²) in [6, 6.07) is 11.5. The Hall–Kier alpha value is -3.60. The van der Waals surface area contributed by atoms with E-state index in [2.05, 4.69) is 25.7 Å². The molecule has 2 amide bonds. The minimum Gasteiger partial charge on any atom is -0.353 e. The molecule has 0 unspecified atom stereocenters. The molecule has 0 atom stereocenters. The second-order valence-electron chi connectivity index (χ2n) is 8.84. The zero-order valence-corrected chi connectivity index (χ0v) is 20.6. The summed E-state index contributed by atoms with van der Waals surface area (Å²) in [6.07, 6.45) is 1.96. The lowest BCUT2D eigenvalue weighted by Crippen LogP contribution is -2.48. The average Bonchev–Trinajstić information content (AvgIpc) is 3.62. The fourth-order valence-corrected chi connectivity index (χ4v) is 4.62. The minimum atomic E-state index is 0.0932. The van der Waals surface area contributed by atoms with Crippen LogP contribution in [-0.2, 0) is 9.59 Å². The Morgan fingerprint density at radius 2 is 1.77 bits per heavy atom. The molecule has 35 heavy (non-hydrogen) atoms. The standard InChI is InChI=1S/C24H28N8O2S/c1-15-13-21(30-29-15)26-20-14-22(32-11-9-31(10-12-32)16(2)33)28-24(27-20)35-19-7-5-18(6-8-19)25-23(34)17-3-4-17/h5-8,13-14,17H,3-4,9-12H2,1-2H3,(H,25,34)(H2,26,27,28,29,30). The van der Waals surface area contributed by atoms with Crippen molar-refractivity contribution in [3.63, 3.8) is 0 Å². The first-order chi connectivity index (χ1) is 16.9. The number of aryl methyl sites for hydroxylation is 1. The molecule has 5 rings (SSSR count). The van der Waals surface area contributed by atoms with Gasteiger partial charge in [-0.2, -0.15) is 5.10 Å². The van der Waals surface area contributed by atoms with Gasteiger partial charge in [0.1, 0.15) is 11.6 Å². The maximum absolute atomic E-state index is 12.0. The first-order valence-electron chi connectivity index (χ1n) is 11.7. The highest BCUT2D eigenvalue weighted by Crippen LogP contribution is 2.32. The van der Waals surface area contributed by atoms with Crippen LogP contribution in [0.5, 0.6) is 0 Å². The number of rotatable bonds is 7. The second kappa shape index (κ2) is 9.95. The van der Waals surface area contributed by atoms with Gasteiger partial charge in [0.25, 0.3) is 0 Å². The number of nitrogens with one attached hydrogen (secondary N) is 3. The number of benzene rings is 1. The molecule has 1 aliphatic heterocycles. The zero-order valence-electron chi connectivity index (χ0n) is 19.7. The van der Waals surface area contributed by atoms with Crippen LogP contribution >= 0.6 is 11.8 Å². The van der Waals surface area contributed by atoms with Crippen molar-refractivity contribution >= 4 is 46.7 Å². The molecule has 1 aromatic carbocycles. The van der Waals surface area contributed by atoms with E-state index in [0.29, 0.717) is 43.0 Å². The number of hydrogen-bond acceptors (Lipinski definition) is 8. The molecule has 1 aliphatic carbocycles.